The molecule has 1 rings (SSSR count). The molecule has 0 aromatic carbocycles. The predicted octanol–water partition coefficient (Wildman–Crippen LogP) is 1.19. The lowest BCUT2D eigenvalue weighted by Gasteiger charge is -2.11. The second kappa shape index (κ2) is 7.73. The third kappa shape index (κ3) is 5.25. The topological polar surface area (TPSA) is 80.3 Å². The molecule has 0 saturated heterocycles. The molecule has 1 aromatic rings. The SMILES string of the molecule is CCNC(=O)C(C)Nc1nc(CCC(=O)OC)cs1. The molecule has 106 valence electrons. The molecular formula is C12H19N3O3S. The molecule has 1 atom stereocenters. The number of carbonyl (C=O) groups excluding carboxylic acids is 2. The quantitative estimate of drug-likeness (QED) is 0.735. The first-order chi connectivity index (χ1) is 9.06. The fraction of sp³-hybridized carbons (Fsp3) is 0.583. The van der Waals surface area contributed by atoms with Gasteiger partial charge in [0, 0.05) is 18.3 Å². The van der Waals surface area contributed by atoms with Crippen LogP contribution >= 0.6 is 11.3 Å². The number of ether oxygens (including phenoxy) is 1. The zero-order valence-electron chi connectivity index (χ0n) is 11.4. The van der Waals surface area contributed by atoms with Crippen molar-refractivity contribution in [2.75, 3.05) is 19.0 Å². The van der Waals surface area contributed by atoms with E-state index in [9.17, 15) is 9.59 Å². The van der Waals surface area contributed by atoms with Gasteiger partial charge in [-0.3, -0.25) is 9.59 Å². The van der Waals surface area contributed by atoms with E-state index in [4.69, 9.17) is 0 Å². The second-order valence-corrected chi connectivity index (χ2v) is 4.84. The van der Waals surface area contributed by atoms with Crippen molar-refractivity contribution in [2.45, 2.75) is 32.7 Å². The zero-order chi connectivity index (χ0) is 14.3. The van der Waals surface area contributed by atoms with E-state index in [1.54, 1.807) is 6.92 Å². The third-order valence-corrected chi connectivity index (χ3v) is 3.27. The Bertz CT molecular complexity index is 434. The molecule has 1 unspecified atom stereocenters. The number of anilines is 1. The molecule has 0 saturated carbocycles. The average molecular weight is 285 g/mol. The number of methoxy groups -OCH3 is 1. The summed E-state index contributed by atoms with van der Waals surface area (Å²) < 4.78 is 4.57. The molecular weight excluding hydrogens is 266 g/mol. The first-order valence-corrected chi connectivity index (χ1v) is 7.00. The number of rotatable bonds is 7. The molecule has 19 heavy (non-hydrogen) atoms. The summed E-state index contributed by atoms with van der Waals surface area (Å²) in [5.41, 5.74) is 0.820. The number of esters is 1. The fourth-order valence-electron chi connectivity index (χ4n) is 1.40. The molecule has 0 spiro atoms. The molecule has 1 aromatic heterocycles. The van der Waals surface area contributed by atoms with Crippen LogP contribution in [0.25, 0.3) is 0 Å². The van der Waals surface area contributed by atoms with E-state index in [1.165, 1.54) is 18.4 Å². The van der Waals surface area contributed by atoms with Crippen molar-refractivity contribution in [3.8, 4) is 0 Å². The van der Waals surface area contributed by atoms with Crippen molar-refractivity contribution in [3.05, 3.63) is 11.1 Å². The van der Waals surface area contributed by atoms with E-state index >= 15 is 0 Å². The molecule has 6 nitrogen and oxygen atoms in total. The minimum atomic E-state index is -0.334. The molecule has 0 aliphatic carbocycles. The maximum atomic E-state index is 11.6. The average Bonchev–Trinajstić information content (AvgIpc) is 2.83. The highest BCUT2D eigenvalue weighted by Gasteiger charge is 2.13. The van der Waals surface area contributed by atoms with E-state index in [2.05, 4.69) is 20.4 Å². The van der Waals surface area contributed by atoms with E-state index in [0.717, 1.165) is 5.69 Å². The van der Waals surface area contributed by atoms with Crippen LogP contribution < -0.4 is 10.6 Å². The van der Waals surface area contributed by atoms with Crippen LogP contribution in [-0.2, 0) is 20.7 Å². The molecule has 0 aliphatic rings. The minimum absolute atomic E-state index is 0.0613. The lowest BCUT2D eigenvalue weighted by atomic mass is 10.2. The molecule has 0 bridgehead atoms. The third-order valence-electron chi connectivity index (χ3n) is 2.45. The largest absolute Gasteiger partial charge is 0.469 e. The highest BCUT2D eigenvalue weighted by Crippen LogP contribution is 2.17. The summed E-state index contributed by atoms with van der Waals surface area (Å²) in [5.74, 6) is -0.313. The molecule has 1 amide bonds. The number of carbonyl (C=O) groups is 2. The number of hydrogen-bond donors (Lipinski definition) is 2. The van der Waals surface area contributed by atoms with Crippen molar-refractivity contribution in [2.24, 2.45) is 0 Å². The van der Waals surface area contributed by atoms with Crippen molar-refractivity contribution in [1.82, 2.24) is 10.3 Å². The van der Waals surface area contributed by atoms with Gasteiger partial charge in [0.25, 0.3) is 0 Å². The number of amides is 1. The van der Waals surface area contributed by atoms with Crippen LogP contribution in [0.5, 0.6) is 0 Å². The van der Waals surface area contributed by atoms with Crippen LogP contribution in [0, 0.1) is 0 Å². The highest BCUT2D eigenvalue weighted by molar-refractivity contribution is 7.13. The number of hydrogen-bond acceptors (Lipinski definition) is 6. The summed E-state index contributed by atoms with van der Waals surface area (Å²) in [6.45, 7) is 4.26. The Balaban J connectivity index is 2.46. The van der Waals surface area contributed by atoms with Gasteiger partial charge in [-0.05, 0) is 13.8 Å². The molecule has 0 radical (unpaired) electrons. The van der Waals surface area contributed by atoms with Gasteiger partial charge in [0.1, 0.15) is 6.04 Å². The highest BCUT2D eigenvalue weighted by atomic mass is 32.1. The van der Waals surface area contributed by atoms with Gasteiger partial charge in [-0.1, -0.05) is 0 Å². The van der Waals surface area contributed by atoms with E-state index in [0.29, 0.717) is 24.5 Å². The van der Waals surface area contributed by atoms with Gasteiger partial charge in [0.2, 0.25) is 5.91 Å². The van der Waals surface area contributed by atoms with Gasteiger partial charge in [-0.25, -0.2) is 4.98 Å². The summed E-state index contributed by atoms with van der Waals surface area (Å²) in [4.78, 5) is 26.9. The molecule has 2 N–H and O–H groups in total. The Hall–Kier alpha value is -1.63. The van der Waals surface area contributed by atoms with Gasteiger partial charge < -0.3 is 15.4 Å². The Morgan fingerprint density at radius 2 is 2.26 bits per heavy atom. The van der Waals surface area contributed by atoms with Crippen LogP contribution in [0.2, 0.25) is 0 Å². The van der Waals surface area contributed by atoms with Crippen LogP contribution in [0.4, 0.5) is 5.13 Å². The molecule has 0 aliphatic heterocycles. The van der Waals surface area contributed by atoms with Crippen molar-refractivity contribution < 1.29 is 14.3 Å². The van der Waals surface area contributed by atoms with E-state index in [1.807, 2.05) is 12.3 Å². The molecule has 1 heterocycles. The first kappa shape index (κ1) is 15.4. The standard InChI is InChI=1S/C12H19N3O3S/c1-4-13-11(17)8(2)14-12-15-9(7-19-12)5-6-10(16)18-3/h7-8H,4-6H2,1-3H3,(H,13,17)(H,14,15). The monoisotopic (exact) mass is 285 g/mol. The van der Waals surface area contributed by atoms with Crippen LogP contribution in [-0.4, -0.2) is 36.6 Å². The van der Waals surface area contributed by atoms with Gasteiger partial charge in [0.15, 0.2) is 5.13 Å². The normalized spacial score (nSPS) is 11.7. The second-order valence-electron chi connectivity index (χ2n) is 3.98. The zero-order valence-corrected chi connectivity index (χ0v) is 12.2. The number of likely N-dealkylation sites (N-methyl/N-ethyl adjacent to an activating group) is 1. The number of aromatic nitrogens is 1. The van der Waals surface area contributed by atoms with Crippen LogP contribution in [0.3, 0.4) is 0 Å². The van der Waals surface area contributed by atoms with Gasteiger partial charge in [-0.2, -0.15) is 0 Å². The number of nitrogens with zero attached hydrogens (tertiary/aromatic N) is 1. The predicted molar refractivity (Wildman–Crippen MR) is 74.2 cm³/mol. The van der Waals surface area contributed by atoms with Crippen molar-refractivity contribution in [3.63, 3.8) is 0 Å². The van der Waals surface area contributed by atoms with Crippen molar-refractivity contribution in [1.29, 1.82) is 0 Å². The van der Waals surface area contributed by atoms with Crippen molar-refractivity contribution >= 4 is 28.3 Å². The molecule has 0 fully saturated rings. The van der Waals surface area contributed by atoms with Gasteiger partial charge >= 0.3 is 5.97 Å². The lowest BCUT2D eigenvalue weighted by molar-refractivity contribution is -0.140. The maximum Gasteiger partial charge on any atom is 0.305 e. The lowest BCUT2D eigenvalue weighted by Crippen LogP contribution is -2.37. The first-order valence-electron chi connectivity index (χ1n) is 6.12. The Kier molecular flexibility index (Phi) is 6.27. The molecule has 7 heteroatoms. The van der Waals surface area contributed by atoms with Crippen LogP contribution in [0.15, 0.2) is 5.38 Å². The minimum Gasteiger partial charge on any atom is -0.469 e. The smallest absolute Gasteiger partial charge is 0.305 e. The van der Waals surface area contributed by atoms with E-state index < -0.39 is 0 Å². The fourth-order valence-corrected chi connectivity index (χ4v) is 2.23. The number of aryl methyl sites for hydroxylation is 1. The summed E-state index contributed by atoms with van der Waals surface area (Å²) in [7, 11) is 1.37. The van der Waals surface area contributed by atoms with E-state index in [-0.39, 0.29) is 17.9 Å². The van der Waals surface area contributed by atoms with Crippen LogP contribution in [0.1, 0.15) is 26.0 Å². The maximum absolute atomic E-state index is 11.6. The Labute approximate surface area is 116 Å². The Morgan fingerprint density at radius 3 is 2.89 bits per heavy atom. The number of thiazole rings is 1. The number of nitrogens with one attached hydrogen (secondary N) is 2. The summed E-state index contributed by atoms with van der Waals surface area (Å²) >= 11 is 1.42. The summed E-state index contributed by atoms with van der Waals surface area (Å²) in [6, 6.07) is -0.334. The summed E-state index contributed by atoms with van der Waals surface area (Å²) in [5, 5.41) is 8.31. The van der Waals surface area contributed by atoms with Gasteiger partial charge in [-0.15, -0.1) is 11.3 Å². The summed E-state index contributed by atoms with van der Waals surface area (Å²) in [6.07, 6.45) is 0.853. The Morgan fingerprint density at radius 1 is 1.53 bits per heavy atom. The van der Waals surface area contributed by atoms with Gasteiger partial charge in [0.05, 0.1) is 19.2 Å².